The lowest BCUT2D eigenvalue weighted by Crippen LogP contribution is -2.53. The molecule has 3 rings (SSSR count). The quantitative estimate of drug-likeness (QED) is 0.288. The second-order valence-electron chi connectivity index (χ2n) is 8.74. The van der Waals surface area contributed by atoms with Crippen LogP contribution < -0.4 is 9.62 Å². The van der Waals surface area contributed by atoms with Gasteiger partial charge in [0.15, 0.2) is 0 Å². The molecule has 0 saturated carbocycles. The third-order valence-corrected chi connectivity index (χ3v) is 8.22. The average molecular weight is 631 g/mol. The van der Waals surface area contributed by atoms with Gasteiger partial charge in [-0.05, 0) is 48.4 Å². The van der Waals surface area contributed by atoms with Crippen molar-refractivity contribution in [3.05, 3.63) is 97.9 Å². The average Bonchev–Trinajstić information content (AvgIpc) is 2.87. The molecule has 3 aromatic carbocycles. The number of hydrogen-bond donors (Lipinski definition) is 1. The minimum Gasteiger partial charge on any atom is -0.355 e. The Morgan fingerprint density at radius 2 is 1.56 bits per heavy atom. The lowest BCUT2D eigenvalue weighted by molar-refractivity contribution is -0.140. The third-order valence-electron chi connectivity index (χ3n) is 5.82. The lowest BCUT2D eigenvalue weighted by atomic mass is 10.0. The molecule has 0 bridgehead atoms. The largest absolute Gasteiger partial charge is 0.355 e. The highest BCUT2D eigenvalue weighted by molar-refractivity contribution is 7.92. The van der Waals surface area contributed by atoms with E-state index < -0.39 is 28.5 Å². The van der Waals surface area contributed by atoms with Crippen LogP contribution in [0.25, 0.3) is 0 Å². The zero-order chi connectivity index (χ0) is 28.7. The SMILES string of the molecule is CCNC(=O)[C@H](Cc1ccccc1)N(Cc1ccc(Cl)c(Cl)c1)C(=O)CN(c1ccc(Cl)cc1Cl)S(C)(=O)=O. The highest BCUT2D eigenvalue weighted by atomic mass is 35.5. The molecule has 39 heavy (non-hydrogen) atoms. The first-order valence-corrected chi connectivity index (χ1v) is 15.2. The van der Waals surface area contributed by atoms with E-state index in [0.29, 0.717) is 22.2 Å². The molecule has 0 saturated heterocycles. The van der Waals surface area contributed by atoms with Gasteiger partial charge in [0, 0.05) is 24.5 Å². The second-order valence-corrected chi connectivity index (χ2v) is 12.3. The fraction of sp³-hybridized carbons (Fsp3) is 0.259. The standard InChI is InChI=1S/C27H27Cl4N3O4S/c1-3-32-27(36)25(14-18-7-5-4-6-8-18)33(16-19-9-11-21(29)22(30)13-19)26(35)17-34(39(2,37)38)24-12-10-20(28)15-23(24)31/h4-13,15,25H,3,14,16-17H2,1-2H3,(H,32,36)/t25-/m0/s1. The van der Waals surface area contributed by atoms with Crippen molar-refractivity contribution in [2.75, 3.05) is 23.7 Å². The molecule has 0 fully saturated rings. The first-order valence-electron chi connectivity index (χ1n) is 11.9. The summed E-state index contributed by atoms with van der Waals surface area (Å²) in [5, 5.41) is 3.78. The molecule has 2 amide bonds. The molecule has 0 aliphatic carbocycles. The number of benzene rings is 3. The molecule has 0 aliphatic rings. The number of anilines is 1. The monoisotopic (exact) mass is 629 g/mol. The molecule has 1 atom stereocenters. The number of carbonyl (C=O) groups is 2. The number of nitrogens with one attached hydrogen (secondary N) is 1. The predicted octanol–water partition coefficient (Wildman–Crippen LogP) is 5.84. The van der Waals surface area contributed by atoms with E-state index in [0.717, 1.165) is 16.1 Å². The van der Waals surface area contributed by atoms with Gasteiger partial charge < -0.3 is 10.2 Å². The van der Waals surface area contributed by atoms with E-state index in [1.54, 1.807) is 25.1 Å². The number of hydrogen-bond acceptors (Lipinski definition) is 4. The van der Waals surface area contributed by atoms with Crippen molar-refractivity contribution < 1.29 is 18.0 Å². The van der Waals surface area contributed by atoms with Crippen LogP contribution in [0.15, 0.2) is 66.7 Å². The van der Waals surface area contributed by atoms with Gasteiger partial charge in [-0.15, -0.1) is 0 Å². The molecular weight excluding hydrogens is 604 g/mol. The van der Waals surface area contributed by atoms with Crippen LogP contribution in [0.4, 0.5) is 5.69 Å². The van der Waals surface area contributed by atoms with Crippen LogP contribution in [0.5, 0.6) is 0 Å². The molecule has 1 N–H and O–H groups in total. The predicted molar refractivity (Wildman–Crippen MR) is 158 cm³/mol. The summed E-state index contributed by atoms with van der Waals surface area (Å²) >= 11 is 24.6. The van der Waals surface area contributed by atoms with Gasteiger partial charge in [0.05, 0.1) is 27.0 Å². The van der Waals surface area contributed by atoms with E-state index in [-0.39, 0.29) is 34.6 Å². The first kappa shape index (κ1) is 31.0. The molecule has 0 radical (unpaired) electrons. The normalized spacial score (nSPS) is 12.1. The van der Waals surface area contributed by atoms with Gasteiger partial charge in [-0.2, -0.15) is 0 Å². The van der Waals surface area contributed by atoms with E-state index in [1.165, 1.54) is 23.1 Å². The van der Waals surface area contributed by atoms with Crippen LogP contribution in [0.3, 0.4) is 0 Å². The maximum absolute atomic E-state index is 14.0. The molecule has 0 unspecified atom stereocenters. The number of halogens is 4. The van der Waals surface area contributed by atoms with Gasteiger partial charge in [-0.25, -0.2) is 8.42 Å². The Hall–Kier alpha value is -2.49. The highest BCUT2D eigenvalue weighted by Crippen LogP contribution is 2.31. The van der Waals surface area contributed by atoms with Crippen molar-refractivity contribution in [1.82, 2.24) is 10.2 Å². The van der Waals surface area contributed by atoms with Crippen LogP contribution >= 0.6 is 46.4 Å². The van der Waals surface area contributed by atoms with Gasteiger partial charge in [-0.1, -0.05) is 82.8 Å². The van der Waals surface area contributed by atoms with Crippen molar-refractivity contribution in [1.29, 1.82) is 0 Å². The maximum atomic E-state index is 14.0. The molecule has 0 aromatic heterocycles. The first-order chi connectivity index (χ1) is 18.4. The molecule has 0 aliphatic heterocycles. The Morgan fingerprint density at radius 1 is 0.872 bits per heavy atom. The number of amides is 2. The summed E-state index contributed by atoms with van der Waals surface area (Å²) in [5.74, 6) is -1.00. The number of carbonyl (C=O) groups excluding carboxylic acids is 2. The molecular formula is C27H27Cl4N3O4S. The lowest BCUT2D eigenvalue weighted by Gasteiger charge is -2.33. The van der Waals surface area contributed by atoms with Crippen LogP contribution in [0.1, 0.15) is 18.1 Å². The topological polar surface area (TPSA) is 86.8 Å². The number of likely N-dealkylation sites (N-methyl/N-ethyl adjacent to an activating group) is 1. The Kier molecular flexibility index (Phi) is 10.9. The van der Waals surface area contributed by atoms with Gasteiger partial charge in [0.1, 0.15) is 12.6 Å². The molecule has 0 spiro atoms. The molecule has 208 valence electrons. The smallest absolute Gasteiger partial charge is 0.244 e. The van der Waals surface area contributed by atoms with Crippen LogP contribution in [-0.2, 0) is 32.6 Å². The number of rotatable bonds is 11. The highest BCUT2D eigenvalue weighted by Gasteiger charge is 2.33. The fourth-order valence-corrected chi connectivity index (χ4v) is 5.70. The minimum absolute atomic E-state index is 0.0314. The summed E-state index contributed by atoms with van der Waals surface area (Å²) in [6, 6.07) is 17.4. The van der Waals surface area contributed by atoms with Gasteiger partial charge >= 0.3 is 0 Å². The van der Waals surface area contributed by atoms with E-state index >= 15 is 0 Å². The maximum Gasteiger partial charge on any atom is 0.244 e. The van der Waals surface area contributed by atoms with Crippen LogP contribution in [0.2, 0.25) is 20.1 Å². The molecule has 12 heteroatoms. The summed E-state index contributed by atoms with van der Waals surface area (Å²) in [7, 11) is -3.96. The fourth-order valence-electron chi connectivity index (χ4n) is 3.96. The molecule has 7 nitrogen and oxygen atoms in total. The summed E-state index contributed by atoms with van der Waals surface area (Å²) in [6.07, 6.45) is 1.17. The van der Waals surface area contributed by atoms with Crippen molar-refractivity contribution >= 4 is 73.9 Å². The van der Waals surface area contributed by atoms with Gasteiger partial charge in [0.25, 0.3) is 0 Å². The Bertz CT molecular complexity index is 1440. The zero-order valence-electron chi connectivity index (χ0n) is 21.2. The van der Waals surface area contributed by atoms with Crippen molar-refractivity contribution in [3.8, 4) is 0 Å². The zero-order valence-corrected chi connectivity index (χ0v) is 25.0. The second kappa shape index (κ2) is 13.7. The van der Waals surface area contributed by atoms with E-state index in [4.69, 9.17) is 46.4 Å². The van der Waals surface area contributed by atoms with E-state index in [9.17, 15) is 18.0 Å². The van der Waals surface area contributed by atoms with Gasteiger partial charge in [0.2, 0.25) is 21.8 Å². The van der Waals surface area contributed by atoms with E-state index in [2.05, 4.69) is 5.32 Å². The third kappa shape index (κ3) is 8.50. The van der Waals surface area contributed by atoms with Crippen molar-refractivity contribution in [2.24, 2.45) is 0 Å². The Morgan fingerprint density at radius 3 is 2.15 bits per heavy atom. The Labute approximate surface area is 248 Å². The van der Waals surface area contributed by atoms with E-state index in [1.807, 2.05) is 30.3 Å². The summed E-state index contributed by atoms with van der Waals surface area (Å²) in [5.41, 5.74) is 1.51. The van der Waals surface area contributed by atoms with Gasteiger partial charge in [-0.3, -0.25) is 13.9 Å². The van der Waals surface area contributed by atoms with Crippen molar-refractivity contribution in [3.63, 3.8) is 0 Å². The van der Waals surface area contributed by atoms with Crippen LogP contribution in [0, 0.1) is 0 Å². The molecule has 3 aromatic rings. The van der Waals surface area contributed by atoms with Crippen LogP contribution in [-0.4, -0.2) is 50.5 Å². The number of sulfonamides is 1. The summed E-state index contributed by atoms with van der Waals surface area (Å²) < 4.78 is 26.5. The van der Waals surface area contributed by atoms with Crippen molar-refractivity contribution in [2.45, 2.75) is 25.9 Å². The molecule has 0 heterocycles. The number of nitrogens with zero attached hydrogens (tertiary/aromatic N) is 2. The minimum atomic E-state index is -3.96. The Balaban J connectivity index is 2.07. The summed E-state index contributed by atoms with van der Waals surface area (Å²) in [4.78, 5) is 28.6. The summed E-state index contributed by atoms with van der Waals surface area (Å²) in [6.45, 7) is 1.48.